The van der Waals surface area contributed by atoms with Gasteiger partial charge in [0.2, 0.25) is 0 Å². The maximum absolute atomic E-state index is 12.8. The van der Waals surface area contributed by atoms with E-state index in [0.717, 1.165) is 30.7 Å². The lowest BCUT2D eigenvalue weighted by Crippen LogP contribution is -2.47. The second-order valence-electron chi connectivity index (χ2n) is 7.50. The molecule has 4 nitrogen and oxygen atoms in total. The van der Waals surface area contributed by atoms with Gasteiger partial charge in [0.25, 0.3) is 5.91 Å². The number of carbonyl (C=O) groups is 1. The Morgan fingerprint density at radius 2 is 1.75 bits per heavy atom. The zero-order valence-corrected chi connectivity index (χ0v) is 17.4. The molecule has 148 valence electrons. The number of nitrogens with one attached hydrogen (secondary N) is 2. The lowest BCUT2D eigenvalue weighted by atomic mass is 9.68. The van der Waals surface area contributed by atoms with Crippen LogP contribution in [0.3, 0.4) is 0 Å². The third-order valence-electron chi connectivity index (χ3n) is 5.68. The predicted octanol–water partition coefficient (Wildman–Crippen LogP) is 4.24. The van der Waals surface area contributed by atoms with Crippen LogP contribution in [0.2, 0.25) is 0 Å². The summed E-state index contributed by atoms with van der Waals surface area (Å²) in [5, 5.41) is 6.58. The molecule has 0 saturated heterocycles. The van der Waals surface area contributed by atoms with E-state index >= 15 is 0 Å². The highest BCUT2D eigenvalue weighted by molar-refractivity contribution is 7.80. The summed E-state index contributed by atoms with van der Waals surface area (Å²) in [5.41, 5.74) is 1.79. The molecule has 5 heteroatoms. The van der Waals surface area contributed by atoms with Crippen molar-refractivity contribution in [1.82, 2.24) is 10.6 Å². The Balaban J connectivity index is 1.76. The van der Waals surface area contributed by atoms with Crippen molar-refractivity contribution in [3.8, 4) is 5.75 Å². The lowest BCUT2D eigenvalue weighted by Gasteiger charge is -2.41. The van der Waals surface area contributed by atoms with E-state index in [0.29, 0.717) is 23.9 Å². The fraction of sp³-hybridized carbons (Fsp3) is 0.391. The molecule has 3 rings (SSSR count). The first-order valence-corrected chi connectivity index (χ1v) is 10.2. The maximum Gasteiger partial charge on any atom is 0.255 e. The van der Waals surface area contributed by atoms with Gasteiger partial charge in [0.15, 0.2) is 0 Å². The van der Waals surface area contributed by atoms with Crippen LogP contribution < -0.4 is 15.4 Å². The zero-order chi connectivity index (χ0) is 20.0. The number of methoxy groups -OCH3 is 1. The van der Waals surface area contributed by atoms with Crippen molar-refractivity contribution < 1.29 is 9.53 Å². The fourth-order valence-electron chi connectivity index (χ4n) is 4.14. The Labute approximate surface area is 172 Å². The molecule has 0 aliphatic heterocycles. The van der Waals surface area contributed by atoms with Crippen molar-refractivity contribution in [3.05, 3.63) is 65.7 Å². The topological polar surface area (TPSA) is 50.4 Å². The summed E-state index contributed by atoms with van der Waals surface area (Å²) in [5.74, 6) is 0.501. The molecule has 2 aromatic carbocycles. The SMILES string of the molecule is COc1ccccc1C(=O)NCC1(c2ccccc2)CCC(NC(C)=S)CC1. The van der Waals surface area contributed by atoms with Crippen molar-refractivity contribution in [1.29, 1.82) is 0 Å². The van der Waals surface area contributed by atoms with E-state index in [-0.39, 0.29) is 11.3 Å². The lowest BCUT2D eigenvalue weighted by molar-refractivity contribution is 0.0932. The van der Waals surface area contributed by atoms with E-state index in [4.69, 9.17) is 17.0 Å². The van der Waals surface area contributed by atoms with Crippen LogP contribution in [0.1, 0.15) is 48.5 Å². The summed E-state index contributed by atoms with van der Waals surface area (Å²) in [6.45, 7) is 2.54. The van der Waals surface area contributed by atoms with Gasteiger partial charge in [-0.25, -0.2) is 0 Å². The van der Waals surface area contributed by atoms with Gasteiger partial charge in [0.05, 0.1) is 17.7 Å². The number of rotatable bonds is 6. The first-order chi connectivity index (χ1) is 13.5. The van der Waals surface area contributed by atoms with E-state index in [1.165, 1.54) is 5.56 Å². The minimum Gasteiger partial charge on any atom is -0.496 e. The van der Waals surface area contributed by atoms with Gasteiger partial charge in [-0.05, 0) is 50.3 Å². The van der Waals surface area contributed by atoms with Crippen molar-refractivity contribution in [2.75, 3.05) is 13.7 Å². The number of hydrogen-bond acceptors (Lipinski definition) is 3. The number of benzene rings is 2. The van der Waals surface area contributed by atoms with Gasteiger partial charge >= 0.3 is 0 Å². The quantitative estimate of drug-likeness (QED) is 0.717. The molecule has 1 saturated carbocycles. The molecule has 28 heavy (non-hydrogen) atoms. The Bertz CT molecular complexity index is 814. The Morgan fingerprint density at radius 3 is 2.39 bits per heavy atom. The van der Waals surface area contributed by atoms with Gasteiger partial charge in [0.1, 0.15) is 5.75 Å². The molecule has 0 aromatic heterocycles. The van der Waals surface area contributed by atoms with Crippen molar-refractivity contribution in [2.45, 2.75) is 44.1 Å². The smallest absolute Gasteiger partial charge is 0.255 e. The summed E-state index contributed by atoms with van der Waals surface area (Å²) in [4.78, 5) is 13.7. The van der Waals surface area contributed by atoms with Crippen LogP contribution in [0, 0.1) is 0 Å². The van der Waals surface area contributed by atoms with Crippen LogP contribution in [0.4, 0.5) is 0 Å². The van der Waals surface area contributed by atoms with Crippen LogP contribution in [-0.4, -0.2) is 30.6 Å². The van der Waals surface area contributed by atoms with E-state index in [1.807, 2.05) is 31.2 Å². The molecular formula is C23H28N2O2S. The van der Waals surface area contributed by atoms with Crippen molar-refractivity contribution >= 4 is 23.1 Å². The number of carbonyl (C=O) groups excluding carboxylic acids is 1. The summed E-state index contributed by atoms with van der Waals surface area (Å²) in [6.07, 6.45) is 4.08. The zero-order valence-electron chi connectivity index (χ0n) is 16.5. The minimum absolute atomic E-state index is 0.0630. The first kappa shape index (κ1) is 20.3. The van der Waals surface area contributed by atoms with E-state index in [2.05, 4.69) is 34.9 Å². The first-order valence-electron chi connectivity index (χ1n) is 9.78. The Morgan fingerprint density at radius 1 is 1.11 bits per heavy atom. The van der Waals surface area contributed by atoms with Gasteiger partial charge in [-0.1, -0.05) is 54.7 Å². The summed E-state index contributed by atoms with van der Waals surface area (Å²) in [7, 11) is 1.59. The predicted molar refractivity (Wildman–Crippen MR) is 117 cm³/mol. The minimum atomic E-state index is -0.0947. The highest BCUT2D eigenvalue weighted by Gasteiger charge is 2.37. The second-order valence-corrected chi connectivity index (χ2v) is 8.12. The highest BCUT2D eigenvalue weighted by atomic mass is 32.1. The average Bonchev–Trinajstić information content (AvgIpc) is 2.73. The number of thiocarbonyl (C=S) groups is 1. The van der Waals surface area contributed by atoms with Gasteiger partial charge in [-0.3, -0.25) is 4.79 Å². The molecule has 1 amide bonds. The van der Waals surface area contributed by atoms with E-state index < -0.39 is 0 Å². The average molecular weight is 397 g/mol. The van der Waals surface area contributed by atoms with Crippen LogP contribution >= 0.6 is 12.2 Å². The highest BCUT2D eigenvalue weighted by Crippen LogP contribution is 2.39. The number of para-hydroxylation sites is 1. The van der Waals surface area contributed by atoms with Crippen molar-refractivity contribution in [3.63, 3.8) is 0 Å². The van der Waals surface area contributed by atoms with Gasteiger partial charge in [-0.15, -0.1) is 0 Å². The molecule has 0 bridgehead atoms. The molecular weight excluding hydrogens is 368 g/mol. The molecule has 0 unspecified atom stereocenters. The third kappa shape index (κ3) is 4.71. The van der Waals surface area contributed by atoms with Crippen LogP contribution in [0.5, 0.6) is 5.75 Å². The summed E-state index contributed by atoms with van der Waals surface area (Å²) in [6, 6.07) is 18.3. The molecule has 2 N–H and O–H groups in total. The normalized spacial score (nSPS) is 21.6. The van der Waals surface area contributed by atoms with Gasteiger partial charge in [-0.2, -0.15) is 0 Å². The van der Waals surface area contributed by atoms with E-state index in [9.17, 15) is 4.79 Å². The molecule has 0 spiro atoms. The largest absolute Gasteiger partial charge is 0.496 e. The van der Waals surface area contributed by atoms with Crippen LogP contribution in [0.25, 0.3) is 0 Å². The van der Waals surface area contributed by atoms with Gasteiger partial charge < -0.3 is 15.4 Å². The molecule has 0 radical (unpaired) electrons. The maximum atomic E-state index is 12.8. The monoisotopic (exact) mass is 396 g/mol. The number of hydrogen-bond donors (Lipinski definition) is 2. The standard InChI is InChI=1S/C23H28N2O2S/c1-17(28)25-19-12-14-23(15-13-19,18-8-4-3-5-9-18)16-24-22(26)20-10-6-7-11-21(20)27-2/h3-11,19H,12-16H2,1-2H3,(H,24,26)(H,25,28). The third-order valence-corrected chi connectivity index (χ3v) is 5.79. The second kappa shape index (κ2) is 9.20. The molecule has 0 atom stereocenters. The molecule has 2 aromatic rings. The number of amides is 1. The summed E-state index contributed by atoms with van der Waals surface area (Å²) < 4.78 is 5.34. The number of ether oxygens (including phenoxy) is 1. The fourth-order valence-corrected chi connectivity index (χ4v) is 4.30. The van der Waals surface area contributed by atoms with Crippen LogP contribution in [0.15, 0.2) is 54.6 Å². The van der Waals surface area contributed by atoms with Crippen molar-refractivity contribution in [2.24, 2.45) is 0 Å². The van der Waals surface area contributed by atoms with Gasteiger partial charge in [0, 0.05) is 18.0 Å². The molecule has 1 aliphatic carbocycles. The van der Waals surface area contributed by atoms with Crippen LogP contribution in [-0.2, 0) is 5.41 Å². The van der Waals surface area contributed by atoms with E-state index in [1.54, 1.807) is 13.2 Å². The Hall–Kier alpha value is -2.40. The summed E-state index contributed by atoms with van der Waals surface area (Å²) >= 11 is 5.21. The molecule has 0 heterocycles. The molecule has 1 aliphatic rings. The molecule has 1 fully saturated rings. The Kier molecular flexibility index (Phi) is 6.68.